The molecule has 0 aliphatic rings. The predicted octanol–water partition coefficient (Wildman–Crippen LogP) is 5.68. The average Bonchev–Trinajstić information content (AvgIpc) is 3.34. The van der Waals surface area contributed by atoms with Crippen LogP contribution in [-0.4, -0.2) is 21.1 Å². The number of hydrogen-bond donors (Lipinski definition) is 0. The molecular weight excluding hydrogens is 358 g/mol. The molecule has 3 aromatic carbocycles. The van der Waals surface area contributed by atoms with Gasteiger partial charge in [-0.15, -0.1) is 0 Å². The van der Waals surface area contributed by atoms with Crippen LogP contribution in [0.3, 0.4) is 0 Å². The maximum Gasteiger partial charge on any atom is 0.214 e. The average molecular weight is 379 g/mol. The van der Waals surface area contributed by atoms with Crippen LogP contribution < -0.4 is 4.74 Å². The SMILES string of the molecule is COc1cccc(-c2cn3cc(-c4ccc(-c5ccccc5)cc4)n(C)c3n2)c1. The third-order valence-corrected chi connectivity index (χ3v) is 5.29. The molecule has 0 atom stereocenters. The van der Waals surface area contributed by atoms with Crippen LogP contribution in [0, 0.1) is 0 Å². The standard InChI is InChI=1S/C25H21N3O/c1-27-24(20-13-11-19(12-14-20)18-7-4-3-5-8-18)17-28-16-23(26-25(27)28)21-9-6-10-22(15-21)29-2/h3-17H,1-2H3. The van der Waals surface area contributed by atoms with Crippen LogP contribution in [0.2, 0.25) is 0 Å². The van der Waals surface area contributed by atoms with E-state index in [-0.39, 0.29) is 0 Å². The monoisotopic (exact) mass is 379 g/mol. The quantitative estimate of drug-likeness (QED) is 0.402. The molecule has 4 nitrogen and oxygen atoms in total. The normalized spacial score (nSPS) is 11.1. The molecule has 0 aliphatic heterocycles. The van der Waals surface area contributed by atoms with Gasteiger partial charge in [-0.25, -0.2) is 4.98 Å². The van der Waals surface area contributed by atoms with Crippen LogP contribution in [-0.2, 0) is 7.05 Å². The van der Waals surface area contributed by atoms with Crippen LogP contribution in [0.25, 0.3) is 39.4 Å². The summed E-state index contributed by atoms with van der Waals surface area (Å²) in [6.07, 6.45) is 4.19. The smallest absolute Gasteiger partial charge is 0.214 e. The number of aryl methyl sites for hydroxylation is 1. The molecule has 0 saturated carbocycles. The summed E-state index contributed by atoms with van der Waals surface area (Å²) in [4.78, 5) is 4.84. The van der Waals surface area contributed by atoms with Gasteiger partial charge >= 0.3 is 0 Å². The van der Waals surface area contributed by atoms with Gasteiger partial charge in [0.2, 0.25) is 5.78 Å². The molecule has 0 bridgehead atoms. The van der Waals surface area contributed by atoms with Crippen LogP contribution >= 0.6 is 0 Å². The molecule has 4 heteroatoms. The molecular formula is C25H21N3O. The van der Waals surface area contributed by atoms with Crippen LogP contribution in [0.1, 0.15) is 0 Å². The van der Waals surface area contributed by atoms with Crippen molar-refractivity contribution in [3.8, 4) is 39.4 Å². The van der Waals surface area contributed by atoms with E-state index >= 15 is 0 Å². The molecule has 0 aliphatic carbocycles. The third-order valence-electron chi connectivity index (χ3n) is 5.29. The first kappa shape index (κ1) is 17.3. The van der Waals surface area contributed by atoms with Gasteiger partial charge in [0, 0.05) is 25.0 Å². The van der Waals surface area contributed by atoms with Gasteiger partial charge in [0.25, 0.3) is 0 Å². The number of benzene rings is 3. The molecule has 2 heterocycles. The first-order chi connectivity index (χ1) is 14.2. The molecule has 142 valence electrons. The number of aromatic nitrogens is 3. The highest BCUT2D eigenvalue weighted by molar-refractivity contribution is 5.71. The van der Waals surface area contributed by atoms with Crippen LogP contribution in [0.4, 0.5) is 0 Å². The second-order valence-corrected chi connectivity index (χ2v) is 7.08. The van der Waals surface area contributed by atoms with Crippen molar-refractivity contribution in [3.05, 3.63) is 91.3 Å². The Morgan fingerprint density at radius 3 is 2.14 bits per heavy atom. The van der Waals surface area contributed by atoms with E-state index in [1.54, 1.807) is 7.11 Å². The maximum atomic E-state index is 5.33. The molecule has 0 fully saturated rings. The maximum absolute atomic E-state index is 5.33. The van der Waals surface area contributed by atoms with E-state index < -0.39 is 0 Å². The molecule has 5 aromatic rings. The Bertz CT molecular complexity index is 1280. The Labute approximate surface area is 169 Å². The van der Waals surface area contributed by atoms with Gasteiger partial charge in [-0.2, -0.15) is 0 Å². The van der Waals surface area contributed by atoms with E-state index in [1.165, 1.54) is 16.7 Å². The first-order valence-electron chi connectivity index (χ1n) is 9.57. The minimum Gasteiger partial charge on any atom is -0.497 e. The molecule has 0 unspecified atom stereocenters. The highest BCUT2D eigenvalue weighted by atomic mass is 16.5. The molecule has 0 N–H and O–H groups in total. The third kappa shape index (κ3) is 3.09. The lowest BCUT2D eigenvalue weighted by Gasteiger charge is -2.06. The summed E-state index contributed by atoms with van der Waals surface area (Å²) in [7, 11) is 3.73. The second kappa shape index (κ2) is 6.99. The lowest BCUT2D eigenvalue weighted by Crippen LogP contribution is -1.93. The van der Waals surface area contributed by atoms with Gasteiger partial charge in [-0.05, 0) is 28.8 Å². The number of nitrogens with zero attached hydrogens (tertiary/aromatic N) is 3. The highest BCUT2D eigenvalue weighted by Crippen LogP contribution is 2.28. The highest BCUT2D eigenvalue weighted by Gasteiger charge is 2.13. The van der Waals surface area contributed by atoms with Gasteiger partial charge in [0.1, 0.15) is 5.75 Å². The molecule has 0 radical (unpaired) electrons. The van der Waals surface area contributed by atoms with E-state index in [2.05, 4.69) is 76.9 Å². The van der Waals surface area contributed by atoms with Crippen molar-refractivity contribution in [3.63, 3.8) is 0 Å². The Kier molecular flexibility index (Phi) is 4.17. The van der Waals surface area contributed by atoms with Crippen molar-refractivity contribution in [1.82, 2.24) is 14.0 Å². The van der Waals surface area contributed by atoms with Gasteiger partial charge in [0.05, 0.1) is 18.5 Å². The van der Waals surface area contributed by atoms with Crippen molar-refractivity contribution >= 4 is 5.78 Å². The van der Waals surface area contributed by atoms with E-state index in [1.807, 2.05) is 30.3 Å². The number of rotatable bonds is 4. The zero-order valence-corrected chi connectivity index (χ0v) is 16.4. The summed E-state index contributed by atoms with van der Waals surface area (Å²) in [6.45, 7) is 0. The van der Waals surface area contributed by atoms with Crippen molar-refractivity contribution in [2.24, 2.45) is 7.05 Å². The lowest BCUT2D eigenvalue weighted by atomic mass is 10.0. The summed E-state index contributed by atoms with van der Waals surface area (Å²) < 4.78 is 9.54. The molecule has 0 saturated heterocycles. The molecule has 0 spiro atoms. The Morgan fingerprint density at radius 1 is 0.724 bits per heavy atom. The summed E-state index contributed by atoms with van der Waals surface area (Å²) in [6, 6.07) is 27.1. The summed E-state index contributed by atoms with van der Waals surface area (Å²) >= 11 is 0. The Balaban J connectivity index is 1.50. The topological polar surface area (TPSA) is 31.5 Å². The predicted molar refractivity (Wildman–Crippen MR) is 117 cm³/mol. The van der Waals surface area contributed by atoms with Gasteiger partial charge < -0.3 is 9.30 Å². The summed E-state index contributed by atoms with van der Waals surface area (Å²) in [5.74, 6) is 1.74. The Hall–Kier alpha value is -3.79. The fraction of sp³-hybridized carbons (Fsp3) is 0.0800. The zero-order chi connectivity index (χ0) is 19.8. The van der Waals surface area contributed by atoms with Gasteiger partial charge in [-0.3, -0.25) is 4.40 Å². The number of ether oxygens (including phenoxy) is 1. The number of hydrogen-bond acceptors (Lipinski definition) is 2. The van der Waals surface area contributed by atoms with E-state index in [9.17, 15) is 0 Å². The molecule has 5 rings (SSSR count). The Morgan fingerprint density at radius 2 is 1.41 bits per heavy atom. The fourth-order valence-electron chi connectivity index (χ4n) is 3.71. The van der Waals surface area contributed by atoms with E-state index in [4.69, 9.17) is 9.72 Å². The number of imidazole rings is 2. The fourth-order valence-corrected chi connectivity index (χ4v) is 3.71. The van der Waals surface area contributed by atoms with Crippen molar-refractivity contribution in [2.75, 3.05) is 7.11 Å². The summed E-state index contributed by atoms with van der Waals surface area (Å²) in [5.41, 5.74) is 6.71. The van der Waals surface area contributed by atoms with Gasteiger partial charge in [-0.1, -0.05) is 66.7 Å². The van der Waals surface area contributed by atoms with Crippen molar-refractivity contribution < 1.29 is 4.74 Å². The zero-order valence-electron chi connectivity index (χ0n) is 16.4. The lowest BCUT2D eigenvalue weighted by molar-refractivity contribution is 0.415. The van der Waals surface area contributed by atoms with E-state index in [0.717, 1.165) is 28.5 Å². The largest absolute Gasteiger partial charge is 0.497 e. The summed E-state index contributed by atoms with van der Waals surface area (Å²) in [5, 5.41) is 0. The van der Waals surface area contributed by atoms with Crippen LogP contribution in [0.5, 0.6) is 5.75 Å². The van der Waals surface area contributed by atoms with Crippen LogP contribution in [0.15, 0.2) is 91.3 Å². The minimum atomic E-state index is 0.832. The molecule has 29 heavy (non-hydrogen) atoms. The second-order valence-electron chi connectivity index (χ2n) is 7.08. The van der Waals surface area contributed by atoms with E-state index in [0.29, 0.717) is 0 Å². The van der Waals surface area contributed by atoms with Gasteiger partial charge in [0.15, 0.2) is 0 Å². The van der Waals surface area contributed by atoms with Crippen molar-refractivity contribution in [2.45, 2.75) is 0 Å². The first-order valence-corrected chi connectivity index (χ1v) is 9.57. The number of methoxy groups -OCH3 is 1. The molecule has 2 aromatic heterocycles. The number of fused-ring (bicyclic) bond motifs is 1. The van der Waals surface area contributed by atoms with Crippen molar-refractivity contribution in [1.29, 1.82) is 0 Å². The molecule has 0 amide bonds. The minimum absolute atomic E-state index is 0.832.